The second-order valence-electron chi connectivity index (χ2n) is 8.30. The second-order valence-corrected chi connectivity index (χ2v) is 12.7. The highest BCUT2D eigenvalue weighted by Crippen LogP contribution is 2.28. The highest BCUT2D eigenvalue weighted by Gasteiger charge is 2.27. The number of pyridine rings is 1. The number of fused-ring (bicyclic) bond motifs is 1. The van der Waals surface area contributed by atoms with Gasteiger partial charge in [0.1, 0.15) is 15.1 Å². The average molecular weight is 383 g/mol. The van der Waals surface area contributed by atoms with E-state index in [0.29, 0.717) is 0 Å². The van der Waals surface area contributed by atoms with Gasteiger partial charge in [-0.1, -0.05) is 84.1 Å². The molecule has 0 bridgehead atoms. The molecule has 4 aromatic rings. The van der Waals surface area contributed by atoms with E-state index in [9.17, 15) is 0 Å². The molecule has 0 fully saturated rings. The number of hydrogen-bond donors (Lipinski definition) is 0. The van der Waals surface area contributed by atoms with Crippen LogP contribution in [0.2, 0.25) is 13.1 Å². The predicted molar refractivity (Wildman–Crippen MR) is 123 cm³/mol. The Balaban J connectivity index is 1.95. The quantitative estimate of drug-likeness (QED) is 0.355. The van der Waals surface area contributed by atoms with Crippen LogP contribution in [-0.2, 0) is 7.05 Å². The van der Waals surface area contributed by atoms with E-state index in [1.54, 1.807) is 0 Å². The maximum atomic E-state index is 2.45. The van der Waals surface area contributed by atoms with Crippen molar-refractivity contribution in [3.05, 3.63) is 90.1 Å². The van der Waals surface area contributed by atoms with Gasteiger partial charge in [-0.15, -0.1) is 0 Å². The summed E-state index contributed by atoms with van der Waals surface area (Å²) in [6.45, 7) is 9.29. The Morgan fingerprint density at radius 2 is 1.39 bits per heavy atom. The molecule has 0 aliphatic rings. The van der Waals surface area contributed by atoms with E-state index in [1.165, 1.54) is 43.7 Å². The van der Waals surface area contributed by atoms with Crippen molar-refractivity contribution in [3.8, 4) is 11.3 Å². The third-order valence-corrected chi connectivity index (χ3v) is 9.68. The van der Waals surface area contributed by atoms with Crippen molar-refractivity contribution in [2.24, 2.45) is 7.05 Å². The SMILES string of the molecule is Cc1ccccc1-c1c2ccc([Si](C)(C)c3ccccc3)cc2cc(C)[n+]1C. The van der Waals surface area contributed by atoms with Gasteiger partial charge >= 0.3 is 0 Å². The summed E-state index contributed by atoms with van der Waals surface area (Å²) >= 11 is 0. The van der Waals surface area contributed by atoms with Gasteiger partial charge in [0.25, 0.3) is 0 Å². The van der Waals surface area contributed by atoms with E-state index in [1.807, 2.05) is 0 Å². The zero-order valence-electron chi connectivity index (χ0n) is 17.5. The summed E-state index contributed by atoms with van der Waals surface area (Å²) in [6.07, 6.45) is 0. The molecule has 0 spiro atoms. The van der Waals surface area contributed by atoms with E-state index in [0.717, 1.165) is 0 Å². The Hall–Kier alpha value is -2.71. The summed E-state index contributed by atoms with van der Waals surface area (Å²) in [6, 6.07) is 29.1. The van der Waals surface area contributed by atoms with Gasteiger partial charge in [0.05, 0.1) is 5.39 Å². The number of benzene rings is 3. The number of hydrogen-bond acceptors (Lipinski definition) is 0. The molecule has 0 N–H and O–H groups in total. The van der Waals surface area contributed by atoms with E-state index >= 15 is 0 Å². The third-order valence-electron chi connectivity index (χ3n) is 6.15. The third kappa shape index (κ3) is 3.08. The molecule has 1 aromatic heterocycles. The van der Waals surface area contributed by atoms with Crippen LogP contribution in [0.15, 0.2) is 78.9 Å². The van der Waals surface area contributed by atoms with Crippen LogP contribution in [0, 0.1) is 13.8 Å². The zero-order chi connectivity index (χ0) is 19.9. The Kier molecular flexibility index (Phi) is 4.68. The van der Waals surface area contributed by atoms with E-state index in [2.05, 4.69) is 117 Å². The van der Waals surface area contributed by atoms with Gasteiger partial charge in [-0.05, 0) is 30.0 Å². The molecule has 2 heteroatoms. The van der Waals surface area contributed by atoms with Gasteiger partial charge in [-0.3, -0.25) is 0 Å². The molecule has 4 rings (SSSR count). The lowest BCUT2D eigenvalue weighted by Crippen LogP contribution is -2.52. The van der Waals surface area contributed by atoms with Crippen LogP contribution in [0.3, 0.4) is 0 Å². The van der Waals surface area contributed by atoms with Crippen molar-refractivity contribution in [2.75, 3.05) is 0 Å². The van der Waals surface area contributed by atoms with Crippen molar-refractivity contribution in [1.29, 1.82) is 0 Å². The van der Waals surface area contributed by atoms with Gasteiger partial charge in [0.2, 0.25) is 5.69 Å². The standard InChI is InChI=1S/C26H28NSi/c1-19-11-9-10-14-24(19)26-25-16-15-23(18-21(25)17-20(2)27(26)3)28(4,5)22-12-7-6-8-13-22/h6-18H,1-5H3/q+1. The van der Waals surface area contributed by atoms with Crippen LogP contribution in [0.4, 0.5) is 0 Å². The summed E-state index contributed by atoms with van der Waals surface area (Å²) in [5.41, 5.74) is 5.21. The molecule has 0 saturated carbocycles. The van der Waals surface area contributed by atoms with Crippen LogP contribution in [0.1, 0.15) is 11.3 Å². The molecular formula is C26H28NSi+. The number of aromatic nitrogens is 1. The van der Waals surface area contributed by atoms with Gasteiger partial charge in [0, 0.05) is 18.6 Å². The molecular weight excluding hydrogens is 354 g/mol. The van der Waals surface area contributed by atoms with Gasteiger partial charge in [-0.25, -0.2) is 0 Å². The first-order chi connectivity index (χ1) is 13.4. The summed E-state index contributed by atoms with van der Waals surface area (Å²) < 4.78 is 2.32. The van der Waals surface area contributed by atoms with Gasteiger partial charge < -0.3 is 0 Å². The molecule has 0 amide bonds. The Morgan fingerprint density at radius 3 is 2.11 bits per heavy atom. The first-order valence-corrected chi connectivity index (χ1v) is 12.9. The number of nitrogens with zero attached hydrogens (tertiary/aromatic N) is 1. The normalized spacial score (nSPS) is 11.8. The lowest BCUT2D eigenvalue weighted by molar-refractivity contribution is -0.665. The smallest absolute Gasteiger partial charge is 0.198 e. The minimum Gasteiger partial charge on any atom is -0.198 e. The fraction of sp³-hybridized carbons (Fsp3) is 0.192. The molecule has 0 unspecified atom stereocenters. The lowest BCUT2D eigenvalue weighted by Gasteiger charge is -2.24. The van der Waals surface area contributed by atoms with Crippen LogP contribution in [-0.4, -0.2) is 8.07 Å². The van der Waals surface area contributed by atoms with Crippen LogP contribution in [0.25, 0.3) is 22.0 Å². The Labute approximate surface area is 169 Å². The van der Waals surface area contributed by atoms with E-state index in [-0.39, 0.29) is 0 Å². The lowest BCUT2D eigenvalue weighted by atomic mass is 9.99. The molecule has 3 aromatic carbocycles. The molecule has 1 heterocycles. The second kappa shape index (κ2) is 7.03. The summed E-state index contributed by atoms with van der Waals surface area (Å²) in [5, 5.41) is 5.62. The minimum absolute atomic E-state index is 1.28. The summed E-state index contributed by atoms with van der Waals surface area (Å²) in [5.74, 6) is 0. The molecule has 0 aliphatic carbocycles. The molecule has 140 valence electrons. The zero-order valence-corrected chi connectivity index (χ0v) is 18.5. The van der Waals surface area contributed by atoms with Gasteiger partial charge in [0.15, 0.2) is 5.69 Å². The predicted octanol–water partition coefficient (Wildman–Crippen LogP) is 4.77. The Morgan fingerprint density at radius 1 is 0.714 bits per heavy atom. The number of aryl methyl sites for hydroxylation is 2. The summed E-state index contributed by atoms with van der Waals surface area (Å²) in [4.78, 5) is 0. The number of rotatable bonds is 3. The molecule has 0 saturated heterocycles. The molecule has 1 nitrogen and oxygen atoms in total. The van der Waals surface area contributed by atoms with Crippen molar-refractivity contribution in [3.63, 3.8) is 0 Å². The Bertz CT molecular complexity index is 1160. The monoisotopic (exact) mass is 382 g/mol. The van der Waals surface area contributed by atoms with Crippen LogP contribution in [0.5, 0.6) is 0 Å². The first kappa shape index (κ1) is 18.6. The average Bonchev–Trinajstić information content (AvgIpc) is 2.70. The van der Waals surface area contributed by atoms with Gasteiger partial charge in [-0.2, -0.15) is 4.57 Å². The largest absolute Gasteiger partial charge is 0.220 e. The van der Waals surface area contributed by atoms with E-state index < -0.39 is 8.07 Å². The maximum Gasteiger partial charge on any atom is 0.220 e. The fourth-order valence-corrected chi connectivity index (χ4v) is 6.53. The topological polar surface area (TPSA) is 3.88 Å². The first-order valence-electron chi connectivity index (χ1n) is 9.95. The molecule has 28 heavy (non-hydrogen) atoms. The van der Waals surface area contributed by atoms with E-state index in [4.69, 9.17) is 0 Å². The van der Waals surface area contributed by atoms with Crippen molar-refractivity contribution < 1.29 is 4.57 Å². The van der Waals surface area contributed by atoms with Crippen LogP contribution >= 0.6 is 0 Å². The molecule has 0 aliphatic heterocycles. The molecule has 0 radical (unpaired) electrons. The highest BCUT2D eigenvalue weighted by atomic mass is 28.3. The van der Waals surface area contributed by atoms with Crippen molar-refractivity contribution in [2.45, 2.75) is 26.9 Å². The maximum absolute atomic E-state index is 2.45. The van der Waals surface area contributed by atoms with Crippen molar-refractivity contribution >= 4 is 29.2 Å². The highest BCUT2D eigenvalue weighted by molar-refractivity contribution is 7.00. The van der Waals surface area contributed by atoms with Crippen LogP contribution < -0.4 is 14.9 Å². The van der Waals surface area contributed by atoms with Crippen molar-refractivity contribution in [1.82, 2.24) is 0 Å². The fourth-order valence-electron chi connectivity index (χ4n) is 4.15. The summed E-state index contributed by atoms with van der Waals surface area (Å²) in [7, 11) is 0.456. The molecule has 0 atom stereocenters. The minimum atomic E-state index is -1.72.